The van der Waals surface area contributed by atoms with Gasteiger partial charge in [0.05, 0.1) is 18.3 Å². The number of rotatable bonds is 6. The Morgan fingerprint density at radius 3 is 2.41 bits per heavy atom. The van der Waals surface area contributed by atoms with Crippen LogP contribution in [0.4, 0.5) is 17.2 Å². The number of nitrogens with zero attached hydrogens (tertiary/aromatic N) is 2. The number of hydrogen-bond donors (Lipinski definition) is 1. The van der Waals surface area contributed by atoms with Gasteiger partial charge in [0.25, 0.3) is 0 Å². The first-order chi connectivity index (χ1) is 13.0. The van der Waals surface area contributed by atoms with Crippen molar-refractivity contribution in [2.24, 2.45) is 0 Å². The molecular weight excluding hydrogens is 334 g/mol. The van der Waals surface area contributed by atoms with Crippen molar-refractivity contribution in [3.8, 4) is 0 Å². The molecule has 3 rings (SSSR count). The minimum atomic E-state index is -0.0422. The Kier molecular flexibility index (Phi) is 5.87. The van der Waals surface area contributed by atoms with Crippen molar-refractivity contribution in [3.63, 3.8) is 0 Å². The highest BCUT2D eigenvalue weighted by Crippen LogP contribution is 2.24. The van der Waals surface area contributed by atoms with Crippen molar-refractivity contribution >= 4 is 23.1 Å². The quantitative estimate of drug-likeness (QED) is 0.671. The lowest BCUT2D eigenvalue weighted by molar-refractivity contribution is -0.115. The fourth-order valence-corrected chi connectivity index (χ4v) is 2.99. The van der Waals surface area contributed by atoms with E-state index in [9.17, 15) is 4.79 Å². The Hall–Kier alpha value is -3.14. The Bertz CT molecular complexity index is 902. The predicted molar refractivity (Wildman–Crippen MR) is 112 cm³/mol. The molecule has 1 N–H and O–H groups in total. The molecule has 0 bridgehead atoms. The summed E-state index contributed by atoms with van der Waals surface area (Å²) in [4.78, 5) is 18.9. The second-order valence-electron chi connectivity index (χ2n) is 6.70. The van der Waals surface area contributed by atoms with E-state index in [2.05, 4.69) is 47.2 Å². The van der Waals surface area contributed by atoms with E-state index < -0.39 is 0 Å². The molecule has 0 saturated heterocycles. The number of aryl methyl sites for hydroxylation is 2. The van der Waals surface area contributed by atoms with Crippen LogP contribution in [0.3, 0.4) is 0 Å². The van der Waals surface area contributed by atoms with Crippen molar-refractivity contribution in [3.05, 3.63) is 83.6 Å². The monoisotopic (exact) mass is 359 g/mol. The lowest BCUT2D eigenvalue weighted by atomic mass is 10.1. The van der Waals surface area contributed by atoms with Gasteiger partial charge in [0, 0.05) is 12.2 Å². The van der Waals surface area contributed by atoms with E-state index in [4.69, 9.17) is 0 Å². The lowest BCUT2D eigenvalue weighted by Crippen LogP contribution is -2.18. The molecule has 4 heteroatoms. The lowest BCUT2D eigenvalue weighted by Gasteiger charge is -2.22. The summed E-state index contributed by atoms with van der Waals surface area (Å²) in [7, 11) is 0. The maximum Gasteiger partial charge on any atom is 0.228 e. The number of hydrogen-bond acceptors (Lipinski definition) is 3. The average Bonchev–Trinajstić information content (AvgIpc) is 2.66. The van der Waals surface area contributed by atoms with Crippen molar-refractivity contribution in [2.75, 3.05) is 16.8 Å². The summed E-state index contributed by atoms with van der Waals surface area (Å²) in [6, 6.07) is 20.2. The summed E-state index contributed by atoms with van der Waals surface area (Å²) >= 11 is 0. The summed E-state index contributed by atoms with van der Waals surface area (Å²) in [5.41, 5.74) is 5.22. The van der Waals surface area contributed by atoms with Crippen LogP contribution in [0.1, 0.15) is 23.6 Å². The van der Waals surface area contributed by atoms with Crippen LogP contribution < -0.4 is 10.2 Å². The fraction of sp³-hybridized carbons (Fsp3) is 0.217. The normalized spacial score (nSPS) is 10.5. The van der Waals surface area contributed by atoms with Crippen LogP contribution in [0, 0.1) is 13.8 Å². The molecule has 4 nitrogen and oxygen atoms in total. The van der Waals surface area contributed by atoms with Gasteiger partial charge in [-0.05, 0) is 56.2 Å². The van der Waals surface area contributed by atoms with E-state index in [0.29, 0.717) is 12.1 Å². The first kappa shape index (κ1) is 18.6. The van der Waals surface area contributed by atoms with Crippen LogP contribution in [-0.4, -0.2) is 17.4 Å². The largest absolute Gasteiger partial charge is 0.327 e. The van der Waals surface area contributed by atoms with Crippen molar-refractivity contribution in [2.45, 2.75) is 27.2 Å². The fourth-order valence-electron chi connectivity index (χ4n) is 2.99. The van der Waals surface area contributed by atoms with Crippen molar-refractivity contribution in [1.29, 1.82) is 0 Å². The van der Waals surface area contributed by atoms with Gasteiger partial charge in [-0.25, -0.2) is 4.98 Å². The third kappa shape index (κ3) is 4.94. The van der Waals surface area contributed by atoms with E-state index in [1.807, 2.05) is 49.4 Å². The molecule has 0 spiro atoms. The third-order valence-electron chi connectivity index (χ3n) is 4.42. The highest BCUT2D eigenvalue weighted by atomic mass is 16.1. The molecule has 0 aliphatic rings. The minimum absolute atomic E-state index is 0.0422. The van der Waals surface area contributed by atoms with Crippen LogP contribution in [0.25, 0.3) is 0 Å². The summed E-state index contributed by atoms with van der Waals surface area (Å²) in [5, 5.41) is 2.92. The number of nitrogens with one attached hydrogen (secondary N) is 1. The molecule has 0 aliphatic heterocycles. The highest BCUT2D eigenvalue weighted by Gasteiger charge is 2.10. The zero-order chi connectivity index (χ0) is 19.2. The van der Waals surface area contributed by atoms with Crippen LogP contribution in [0.15, 0.2) is 66.9 Å². The van der Waals surface area contributed by atoms with Gasteiger partial charge < -0.3 is 10.2 Å². The van der Waals surface area contributed by atoms with Gasteiger partial charge in [-0.1, -0.05) is 42.0 Å². The van der Waals surface area contributed by atoms with Gasteiger partial charge in [-0.2, -0.15) is 0 Å². The van der Waals surface area contributed by atoms with Gasteiger partial charge in [0.1, 0.15) is 5.82 Å². The molecule has 1 heterocycles. The molecule has 0 unspecified atom stereocenters. The van der Waals surface area contributed by atoms with E-state index in [-0.39, 0.29) is 5.91 Å². The molecule has 1 aromatic heterocycles. The maximum absolute atomic E-state index is 12.3. The van der Waals surface area contributed by atoms with Gasteiger partial charge in [-0.3, -0.25) is 4.79 Å². The number of anilines is 3. The molecular formula is C23H25N3O. The van der Waals surface area contributed by atoms with Crippen LogP contribution >= 0.6 is 0 Å². The average molecular weight is 359 g/mol. The number of benzene rings is 2. The standard InChI is InChI=1S/C23H25N3O/c1-4-26(21-7-5-6-18(3)14-21)22-13-12-20(16-24-22)25-23(27)15-19-10-8-17(2)9-11-19/h5-14,16H,4,15H2,1-3H3,(H,25,27). The molecule has 138 valence electrons. The zero-order valence-corrected chi connectivity index (χ0v) is 16.1. The van der Waals surface area contributed by atoms with E-state index >= 15 is 0 Å². The molecule has 0 radical (unpaired) electrons. The van der Waals surface area contributed by atoms with Gasteiger partial charge >= 0.3 is 0 Å². The number of aromatic nitrogens is 1. The SMILES string of the molecule is CCN(c1cccc(C)c1)c1ccc(NC(=O)Cc2ccc(C)cc2)cn1. The van der Waals surface area contributed by atoms with Crippen LogP contribution in [0.5, 0.6) is 0 Å². The predicted octanol–water partition coefficient (Wildman–Crippen LogP) is 5.04. The molecule has 0 saturated carbocycles. The van der Waals surface area contributed by atoms with Gasteiger partial charge in [0.15, 0.2) is 0 Å². The van der Waals surface area contributed by atoms with Crippen molar-refractivity contribution < 1.29 is 4.79 Å². The molecule has 3 aromatic rings. The summed E-state index contributed by atoms with van der Waals surface area (Å²) < 4.78 is 0. The molecule has 27 heavy (non-hydrogen) atoms. The number of carbonyl (C=O) groups excluding carboxylic acids is 1. The molecule has 0 atom stereocenters. The molecule has 0 fully saturated rings. The van der Waals surface area contributed by atoms with E-state index in [0.717, 1.165) is 23.6 Å². The highest BCUT2D eigenvalue weighted by molar-refractivity contribution is 5.92. The maximum atomic E-state index is 12.3. The Morgan fingerprint density at radius 1 is 1.00 bits per heavy atom. The summed E-state index contributed by atoms with van der Waals surface area (Å²) in [5.74, 6) is 0.819. The number of amides is 1. The smallest absolute Gasteiger partial charge is 0.228 e. The Balaban J connectivity index is 1.67. The van der Waals surface area contributed by atoms with Gasteiger partial charge in [-0.15, -0.1) is 0 Å². The van der Waals surface area contributed by atoms with Crippen LogP contribution in [-0.2, 0) is 11.2 Å². The second-order valence-corrected chi connectivity index (χ2v) is 6.70. The topological polar surface area (TPSA) is 45.2 Å². The van der Waals surface area contributed by atoms with E-state index in [1.54, 1.807) is 6.20 Å². The van der Waals surface area contributed by atoms with Crippen LogP contribution in [0.2, 0.25) is 0 Å². The molecule has 2 aromatic carbocycles. The summed E-state index contributed by atoms with van der Waals surface area (Å²) in [6.07, 6.45) is 2.06. The first-order valence-electron chi connectivity index (χ1n) is 9.21. The summed E-state index contributed by atoms with van der Waals surface area (Å²) in [6.45, 7) is 7.03. The number of carbonyl (C=O) groups is 1. The van der Waals surface area contributed by atoms with Gasteiger partial charge in [0.2, 0.25) is 5.91 Å². The second kappa shape index (κ2) is 8.49. The zero-order valence-electron chi connectivity index (χ0n) is 16.1. The third-order valence-corrected chi connectivity index (χ3v) is 4.42. The Labute approximate surface area is 160 Å². The van der Waals surface area contributed by atoms with E-state index in [1.165, 1.54) is 11.1 Å². The number of pyridine rings is 1. The minimum Gasteiger partial charge on any atom is -0.327 e. The first-order valence-corrected chi connectivity index (χ1v) is 9.21. The Morgan fingerprint density at radius 2 is 1.78 bits per heavy atom. The molecule has 1 amide bonds. The van der Waals surface area contributed by atoms with Crippen molar-refractivity contribution in [1.82, 2.24) is 4.98 Å². The molecule has 0 aliphatic carbocycles.